The molecule has 0 amide bonds. The summed E-state index contributed by atoms with van der Waals surface area (Å²) in [5, 5.41) is 1.34. The maximum atomic E-state index is 5.25. The summed E-state index contributed by atoms with van der Waals surface area (Å²) in [6, 6.07) is 9.12. The quantitative estimate of drug-likeness (QED) is 0.168. The van der Waals surface area contributed by atoms with Gasteiger partial charge in [-0.2, -0.15) is 0 Å². The zero-order valence-electron chi connectivity index (χ0n) is 22.1. The zero-order chi connectivity index (χ0) is 24.5. The number of nitrogens with zero attached hydrogens (tertiary/aromatic N) is 2. The van der Waals surface area contributed by atoms with Gasteiger partial charge in [-0.3, -0.25) is 0 Å². The fourth-order valence-corrected chi connectivity index (χ4v) is 7.30. The van der Waals surface area contributed by atoms with E-state index >= 15 is 0 Å². The van der Waals surface area contributed by atoms with E-state index in [1.54, 1.807) is 0 Å². The van der Waals surface area contributed by atoms with Crippen LogP contribution in [0, 0.1) is 41.5 Å². The molecule has 2 rings (SSSR count). The van der Waals surface area contributed by atoms with Gasteiger partial charge in [0.15, 0.2) is 0 Å². The van der Waals surface area contributed by atoms with Crippen molar-refractivity contribution in [1.82, 2.24) is 0 Å². The molecule has 0 spiro atoms. The Morgan fingerprint density at radius 1 is 0.848 bits per heavy atom. The van der Waals surface area contributed by atoms with Crippen LogP contribution in [0.4, 0.5) is 11.4 Å². The summed E-state index contributed by atoms with van der Waals surface area (Å²) in [7, 11) is 0. The van der Waals surface area contributed by atoms with E-state index < -0.39 is 0 Å². The third kappa shape index (κ3) is 8.12. The molecule has 0 saturated carbocycles. The fraction of sp³-hybridized carbons (Fsp3) is 0.483. The Morgan fingerprint density at radius 3 is 1.88 bits per heavy atom. The molecule has 33 heavy (non-hydrogen) atoms. The summed E-state index contributed by atoms with van der Waals surface area (Å²) in [6.07, 6.45) is 8.20. The van der Waals surface area contributed by atoms with Crippen molar-refractivity contribution in [3.8, 4) is 0 Å². The second-order valence-corrected chi connectivity index (χ2v) is 11.8. The SMILES string of the molecule is CCCCS/C(=C/C(CCCC)=Nc1c(C)cc(C)cc1C)[N]([GaH])c1c(C)cc(C)cc1C. The molecule has 4 heteroatoms. The molecule has 0 heterocycles. The van der Waals surface area contributed by atoms with E-state index in [9.17, 15) is 0 Å². The maximum absolute atomic E-state index is 5.25. The summed E-state index contributed by atoms with van der Waals surface area (Å²) in [6.45, 7) is 17.8. The first-order valence-electron chi connectivity index (χ1n) is 12.4. The summed E-state index contributed by atoms with van der Waals surface area (Å²) in [5.74, 6) is 1.15. The predicted molar refractivity (Wildman–Crippen MR) is 153 cm³/mol. The van der Waals surface area contributed by atoms with Gasteiger partial charge >= 0.3 is 218 Å². The summed E-state index contributed by atoms with van der Waals surface area (Å²) in [4.78, 5) is 5.25. The Kier molecular flexibility index (Phi) is 11.4. The van der Waals surface area contributed by atoms with Crippen LogP contribution in [0.15, 0.2) is 40.4 Å². The van der Waals surface area contributed by atoms with Gasteiger partial charge in [0.2, 0.25) is 0 Å². The van der Waals surface area contributed by atoms with Crippen molar-refractivity contribution in [3.63, 3.8) is 0 Å². The minimum absolute atomic E-state index is 1.01. The van der Waals surface area contributed by atoms with Gasteiger partial charge in [0, 0.05) is 0 Å². The Bertz CT molecular complexity index is 961. The van der Waals surface area contributed by atoms with E-state index in [1.807, 2.05) is 11.8 Å². The predicted octanol–water partition coefficient (Wildman–Crippen LogP) is 8.50. The molecule has 0 fully saturated rings. The number of allylic oxidation sites excluding steroid dienone is 1. The molecule has 2 aromatic carbocycles. The molecule has 0 N–H and O–H groups in total. The van der Waals surface area contributed by atoms with Crippen LogP contribution in [-0.4, -0.2) is 30.3 Å². The van der Waals surface area contributed by atoms with Gasteiger partial charge < -0.3 is 0 Å². The molecular formula is C29H42GaN2S. The molecule has 0 aliphatic carbocycles. The molecule has 0 atom stereocenters. The van der Waals surface area contributed by atoms with Gasteiger partial charge in [-0.15, -0.1) is 0 Å². The van der Waals surface area contributed by atoms with Crippen molar-refractivity contribution in [2.24, 2.45) is 4.99 Å². The molecule has 2 nitrogen and oxygen atoms in total. The Hall–Kier alpha value is -1.36. The number of rotatable bonds is 11. The minimum atomic E-state index is 1.01. The molecule has 2 aromatic rings. The molecule has 0 aliphatic heterocycles. The van der Waals surface area contributed by atoms with E-state index in [4.69, 9.17) is 4.99 Å². The number of aliphatic imine (C=N–C) groups is 1. The summed E-state index contributed by atoms with van der Waals surface area (Å²) < 4.78 is 2.51. The van der Waals surface area contributed by atoms with Gasteiger partial charge in [-0.05, 0) is 0 Å². The second-order valence-electron chi connectivity index (χ2n) is 9.31. The Balaban J connectivity index is 2.58. The number of hydrogen-bond acceptors (Lipinski definition) is 3. The average Bonchev–Trinajstić information content (AvgIpc) is 2.72. The zero-order valence-corrected chi connectivity index (χ0v) is 25.9. The third-order valence-corrected chi connectivity index (χ3v) is 8.87. The van der Waals surface area contributed by atoms with E-state index in [1.165, 1.54) is 69.1 Å². The van der Waals surface area contributed by atoms with Gasteiger partial charge in [0.05, 0.1) is 0 Å². The second kappa shape index (κ2) is 13.5. The van der Waals surface area contributed by atoms with E-state index in [2.05, 4.69) is 89.3 Å². The molecule has 0 unspecified atom stereocenters. The van der Waals surface area contributed by atoms with Crippen LogP contribution in [0.3, 0.4) is 0 Å². The molecule has 0 saturated heterocycles. The first-order valence-corrected chi connectivity index (χ1v) is 14.7. The van der Waals surface area contributed by atoms with E-state index in [0.29, 0.717) is 0 Å². The van der Waals surface area contributed by atoms with Crippen LogP contribution < -0.4 is 3.61 Å². The van der Waals surface area contributed by atoms with Crippen molar-refractivity contribution < 1.29 is 0 Å². The number of hydrogen-bond donors (Lipinski definition) is 0. The molecule has 0 bridgehead atoms. The molecule has 1 radical (unpaired) electrons. The Labute approximate surface area is 217 Å². The number of aryl methyl sites for hydroxylation is 6. The van der Waals surface area contributed by atoms with Crippen LogP contribution in [0.2, 0.25) is 0 Å². The summed E-state index contributed by atoms with van der Waals surface area (Å²) >= 11 is 3.06. The first kappa shape index (κ1) is 27.9. The fourth-order valence-electron chi connectivity index (χ4n) is 4.38. The van der Waals surface area contributed by atoms with Gasteiger partial charge in [0.25, 0.3) is 0 Å². The molecule has 0 aliphatic rings. The topological polar surface area (TPSA) is 15.6 Å². The van der Waals surface area contributed by atoms with E-state index in [-0.39, 0.29) is 0 Å². The van der Waals surface area contributed by atoms with Gasteiger partial charge in [0.1, 0.15) is 0 Å². The molecule has 0 aromatic heterocycles. The van der Waals surface area contributed by atoms with Crippen LogP contribution >= 0.6 is 11.8 Å². The summed E-state index contributed by atoms with van der Waals surface area (Å²) in [5.41, 5.74) is 11.6. The Morgan fingerprint density at radius 2 is 1.36 bits per heavy atom. The van der Waals surface area contributed by atoms with Crippen molar-refractivity contribution >= 4 is 47.7 Å². The third-order valence-electron chi connectivity index (χ3n) is 5.89. The first-order chi connectivity index (χ1) is 15.7. The van der Waals surface area contributed by atoms with Crippen LogP contribution in [-0.2, 0) is 0 Å². The number of unbranched alkanes of at least 4 members (excludes halogenated alkanes) is 2. The van der Waals surface area contributed by atoms with E-state index in [0.717, 1.165) is 43.1 Å². The average molecular weight is 520 g/mol. The van der Waals surface area contributed by atoms with Crippen LogP contribution in [0.1, 0.15) is 79.3 Å². The van der Waals surface area contributed by atoms with Crippen molar-refractivity contribution in [2.75, 3.05) is 9.36 Å². The standard InChI is InChI=1S/C29H41N2S.Ga.H/c1-9-11-13-26(30-28-22(5)15-20(3)16-23(28)6)19-27(32-14-12-10-2)31-29-24(7)17-21(4)18-25(29)8;;/h15-19H,9-14H2,1-8H3;;/q-1;+1;/b27-19+,30-26?;;. The number of thioether (sulfide) groups is 1. The molecular weight excluding hydrogens is 478 g/mol. The monoisotopic (exact) mass is 519 g/mol. The van der Waals surface area contributed by atoms with Crippen molar-refractivity contribution in [1.29, 1.82) is 0 Å². The number of benzene rings is 2. The van der Waals surface area contributed by atoms with Gasteiger partial charge in [-0.1, -0.05) is 0 Å². The normalized spacial score (nSPS) is 12.4. The van der Waals surface area contributed by atoms with Gasteiger partial charge in [-0.25, -0.2) is 0 Å². The van der Waals surface area contributed by atoms with Crippen molar-refractivity contribution in [3.05, 3.63) is 68.8 Å². The molecule has 177 valence electrons. The van der Waals surface area contributed by atoms with Crippen LogP contribution in [0.25, 0.3) is 0 Å². The van der Waals surface area contributed by atoms with Crippen molar-refractivity contribution in [2.45, 2.75) is 87.5 Å². The van der Waals surface area contributed by atoms with Crippen LogP contribution in [0.5, 0.6) is 0 Å². The number of anilines is 1.